The summed E-state index contributed by atoms with van der Waals surface area (Å²) >= 11 is 4.25. The number of carbonyl (C=O) groups excluding carboxylic acids is 1. The van der Waals surface area contributed by atoms with E-state index in [0.29, 0.717) is 9.92 Å². The second-order valence-corrected chi connectivity index (χ2v) is 7.54. The molecule has 0 aliphatic heterocycles. The van der Waals surface area contributed by atoms with Gasteiger partial charge in [-0.2, -0.15) is 9.78 Å². The second-order valence-electron chi connectivity index (χ2n) is 5.59. The lowest BCUT2D eigenvalue weighted by atomic mass is 9.91. The predicted molar refractivity (Wildman–Crippen MR) is 81.4 cm³/mol. The van der Waals surface area contributed by atoms with Crippen molar-refractivity contribution < 1.29 is 9.35 Å². The molecular formula is C14H16ClN3O2S. The van der Waals surface area contributed by atoms with Gasteiger partial charge in [-0.3, -0.25) is 4.79 Å². The number of rotatable bonds is 4. The molecule has 0 bridgehead atoms. The van der Waals surface area contributed by atoms with Gasteiger partial charge in [0.1, 0.15) is 12.7 Å². The zero-order valence-electron chi connectivity index (χ0n) is 12.0. The van der Waals surface area contributed by atoms with Crippen LogP contribution in [-0.4, -0.2) is 25.1 Å². The van der Waals surface area contributed by atoms with E-state index in [1.807, 2.05) is 0 Å². The fourth-order valence-corrected chi connectivity index (χ4v) is 3.36. The summed E-state index contributed by atoms with van der Waals surface area (Å²) in [5, 5.41) is 3.62. The molecule has 2 atom stereocenters. The van der Waals surface area contributed by atoms with Crippen molar-refractivity contribution in [2.24, 2.45) is 5.41 Å². The van der Waals surface area contributed by atoms with E-state index in [-0.39, 0.29) is 5.78 Å². The van der Waals surface area contributed by atoms with Gasteiger partial charge in [0, 0.05) is 21.6 Å². The summed E-state index contributed by atoms with van der Waals surface area (Å²) in [4.78, 5) is 17.0. The molecule has 0 N–H and O–H groups in total. The molecule has 2 rings (SSSR count). The topological polar surface area (TPSA) is 70.8 Å². The highest BCUT2D eigenvalue weighted by Gasteiger charge is 2.40. The minimum Gasteiger partial charge on any atom is -0.609 e. The fraction of sp³-hybridized carbons (Fsp3) is 0.357. The summed E-state index contributed by atoms with van der Waals surface area (Å²) in [5.41, 5.74) is -0.640. The van der Waals surface area contributed by atoms with Gasteiger partial charge in [-0.15, -0.1) is 0 Å². The van der Waals surface area contributed by atoms with Gasteiger partial charge in [-0.05, 0) is 24.3 Å². The molecule has 0 amide bonds. The summed E-state index contributed by atoms with van der Waals surface area (Å²) in [6, 6.07) is 6.60. The van der Waals surface area contributed by atoms with Crippen LogP contribution in [0.4, 0.5) is 0 Å². The Bertz CT molecular complexity index is 608. The van der Waals surface area contributed by atoms with E-state index in [9.17, 15) is 9.35 Å². The van der Waals surface area contributed by atoms with Gasteiger partial charge in [0.25, 0.3) is 5.37 Å². The Morgan fingerprint density at radius 3 is 2.43 bits per heavy atom. The number of nitrogens with zero attached hydrogens (tertiary/aromatic N) is 3. The third-order valence-corrected chi connectivity index (χ3v) is 4.71. The molecule has 7 heteroatoms. The normalized spacial score (nSPS) is 14.7. The summed E-state index contributed by atoms with van der Waals surface area (Å²) in [5.74, 6) is -0.165. The van der Waals surface area contributed by atoms with Crippen LogP contribution in [0.25, 0.3) is 0 Å². The quantitative estimate of drug-likeness (QED) is 0.810. The molecule has 2 aromatic rings. The van der Waals surface area contributed by atoms with E-state index in [4.69, 9.17) is 11.6 Å². The first kappa shape index (κ1) is 16.0. The number of hydrogen-bond donors (Lipinski definition) is 0. The zero-order valence-corrected chi connectivity index (χ0v) is 13.6. The van der Waals surface area contributed by atoms with Crippen LogP contribution < -0.4 is 0 Å². The number of halogens is 1. The third-order valence-electron chi connectivity index (χ3n) is 2.89. The number of ketones is 1. The number of benzene rings is 1. The van der Waals surface area contributed by atoms with Gasteiger partial charge in [0.05, 0.1) is 0 Å². The van der Waals surface area contributed by atoms with Crippen molar-refractivity contribution in [2.75, 3.05) is 0 Å². The molecule has 1 heterocycles. The standard InChI is InChI=1S/C14H16ClN3O2S/c1-14(2,3)12(19)13(18-9-16-8-17-18)21(20)11-6-4-10(15)5-7-11/h4-9,13H,1-3H3. The van der Waals surface area contributed by atoms with Crippen LogP contribution in [0.3, 0.4) is 0 Å². The molecule has 0 aliphatic rings. The Balaban J connectivity index is 2.40. The molecule has 0 spiro atoms. The molecule has 1 aromatic heterocycles. The molecule has 0 radical (unpaired) electrons. The highest BCUT2D eigenvalue weighted by atomic mass is 35.5. The maximum Gasteiger partial charge on any atom is 0.273 e. The van der Waals surface area contributed by atoms with Crippen LogP contribution in [0, 0.1) is 5.41 Å². The minimum absolute atomic E-state index is 0.165. The molecule has 21 heavy (non-hydrogen) atoms. The monoisotopic (exact) mass is 325 g/mol. The fourth-order valence-electron chi connectivity index (χ4n) is 1.72. The Labute approximate surface area is 131 Å². The van der Waals surface area contributed by atoms with Gasteiger partial charge in [-0.25, -0.2) is 4.98 Å². The van der Waals surface area contributed by atoms with Gasteiger partial charge in [0.15, 0.2) is 4.90 Å². The first-order valence-corrected chi connectivity index (χ1v) is 7.94. The van der Waals surface area contributed by atoms with Crippen LogP contribution in [0.1, 0.15) is 26.1 Å². The Morgan fingerprint density at radius 1 is 1.33 bits per heavy atom. The lowest BCUT2D eigenvalue weighted by molar-refractivity contribution is -0.127. The van der Waals surface area contributed by atoms with E-state index in [2.05, 4.69) is 10.1 Å². The zero-order chi connectivity index (χ0) is 15.6. The van der Waals surface area contributed by atoms with E-state index in [0.717, 1.165) is 0 Å². The SMILES string of the molecule is CC(C)(C)C(=O)C(n1cncn1)[S+]([O-])c1ccc(Cl)cc1. The van der Waals surface area contributed by atoms with E-state index in [1.165, 1.54) is 17.3 Å². The molecule has 5 nitrogen and oxygen atoms in total. The van der Waals surface area contributed by atoms with Crippen molar-refractivity contribution in [1.82, 2.24) is 14.8 Å². The van der Waals surface area contributed by atoms with Crippen molar-refractivity contribution in [1.29, 1.82) is 0 Å². The van der Waals surface area contributed by atoms with Crippen LogP contribution in [0.15, 0.2) is 41.8 Å². The smallest absolute Gasteiger partial charge is 0.273 e. The Morgan fingerprint density at radius 2 is 1.95 bits per heavy atom. The minimum atomic E-state index is -1.58. The van der Waals surface area contributed by atoms with Gasteiger partial charge >= 0.3 is 0 Å². The van der Waals surface area contributed by atoms with Crippen LogP contribution >= 0.6 is 11.6 Å². The maximum atomic E-state index is 12.8. The molecule has 0 saturated carbocycles. The lowest BCUT2D eigenvalue weighted by Crippen LogP contribution is -2.36. The number of carbonyl (C=O) groups is 1. The van der Waals surface area contributed by atoms with Crippen molar-refractivity contribution in [3.63, 3.8) is 0 Å². The van der Waals surface area contributed by atoms with Crippen molar-refractivity contribution >= 4 is 28.6 Å². The van der Waals surface area contributed by atoms with Crippen molar-refractivity contribution in [2.45, 2.75) is 31.0 Å². The van der Waals surface area contributed by atoms with Gasteiger partial charge in [-0.1, -0.05) is 32.4 Å². The average Bonchev–Trinajstić information content (AvgIpc) is 2.92. The van der Waals surface area contributed by atoms with Gasteiger partial charge < -0.3 is 4.55 Å². The molecule has 2 unspecified atom stereocenters. The Kier molecular flexibility index (Phi) is 4.70. The predicted octanol–water partition coefficient (Wildman–Crippen LogP) is 2.85. The first-order chi connectivity index (χ1) is 9.80. The molecule has 0 fully saturated rings. The molecule has 112 valence electrons. The van der Waals surface area contributed by atoms with Crippen molar-refractivity contribution in [3.8, 4) is 0 Å². The third kappa shape index (κ3) is 3.64. The molecule has 1 aromatic carbocycles. The van der Waals surface area contributed by atoms with E-state index in [1.54, 1.807) is 45.0 Å². The van der Waals surface area contributed by atoms with E-state index < -0.39 is 22.0 Å². The molecular weight excluding hydrogens is 310 g/mol. The lowest BCUT2D eigenvalue weighted by Gasteiger charge is -2.26. The maximum absolute atomic E-state index is 12.8. The molecule has 0 aliphatic carbocycles. The van der Waals surface area contributed by atoms with E-state index >= 15 is 0 Å². The second kappa shape index (κ2) is 6.17. The summed E-state index contributed by atoms with van der Waals surface area (Å²) in [6.07, 6.45) is 2.73. The van der Waals surface area contributed by atoms with Gasteiger partial charge in [0.2, 0.25) is 5.78 Å². The highest BCUT2D eigenvalue weighted by molar-refractivity contribution is 7.92. The summed E-state index contributed by atoms with van der Waals surface area (Å²) < 4.78 is 14.1. The van der Waals surface area contributed by atoms with Crippen LogP contribution in [0.2, 0.25) is 5.02 Å². The molecule has 0 saturated heterocycles. The number of Topliss-reactive ketones (excluding diaryl/α,β-unsaturated/α-hetero) is 1. The number of aromatic nitrogens is 3. The van der Waals surface area contributed by atoms with Crippen molar-refractivity contribution in [3.05, 3.63) is 41.9 Å². The van der Waals surface area contributed by atoms with Crippen LogP contribution in [0.5, 0.6) is 0 Å². The van der Waals surface area contributed by atoms with Crippen LogP contribution in [-0.2, 0) is 16.0 Å². The Hall–Kier alpha value is -1.37. The largest absolute Gasteiger partial charge is 0.609 e. The summed E-state index contributed by atoms with van der Waals surface area (Å²) in [6.45, 7) is 5.37. The first-order valence-electron chi connectivity index (χ1n) is 6.35. The highest BCUT2D eigenvalue weighted by Crippen LogP contribution is 2.31. The summed E-state index contributed by atoms with van der Waals surface area (Å²) in [7, 11) is 0. The number of hydrogen-bond acceptors (Lipinski definition) is 4. The average molecular weight is 326 g/mol.